The molecule has 0 unspecified atom stereocenters. The summed E-state index contributed by atoms with van der Waals surface area (Å²) in [5.41, 5.74) is 3.87. The van der Waals surface area contributed by atoms with Crippen molar-refractivity contribution in [2.75, 3.05) is 0 Å². The van der Waals surface area contributed by atoms with Gasteiger partial charge in [-0.1, -0.05) is 50.6 Å². The Morgan fingerprint density at radius 2 is 1.62 bits per heavy atom. The number of rotatable bonds is 4. The Morgan fingerprint density at radius 1 is 0.862 bits per heavy atom. The van der Waals surface area contributed by atoms with Gasteiger partial charge in [0.15, 0.2) is 11.6 Å². The largest absolute Gasteiger partial charge is 0.206 e. The Balaban J connectivity index is 1.59. The van der Waals surface area contributed by atoms with Crippen molar-refractivity contribution in [3.05, 3.63) is 75.6 Å². The van der Waals surface area contributed by atoms with Crippen LogP contribution in [-0.4, -0.2) is 0 Å². The summed E-state index contributed by atoms with van der Waals surface area (Å²) < 4.78 is 44.6. The van der Waals surface area contributed by atoms with E-state index in [-0.39, 0.29) is 11.7 Å². The molecule has 0 atom stereocenters. The van der Waals surface area contributed by atoms with Gasteiger partial charge in [0.25, 0.3) is 0 Å². The molecule has 0 radical (unpaired) electrons. The molecule has 0 aliphatic heterocycles. The van der Waals surface area contributed by atoms with Gasteiger partial charge in [0, 0.05) is 5.56 Å². The van der Waals surface area contributed by atoms with Crippen LogP contribution in [-0.2, 0) is 19.3 Å². The van der Waals surface area contributed by atoms with Crippen molar-refractivity contribution in [1.29, 1.82) is 0 Å². The van der Waals surface area contributed by atoms with E-state index in [4.69, 9.17) is 0 Å². The molecule has 2 aliphatic carbocycles. The highest BCUT2D eigenvalue weighted by Gasteiger charge is 2.27. The first-order valence-electron chi connectivity index (χ1n) is 11.0. The number of benzene rings is 2. The second kappa shape index (κ2) is 8.38. The van der Waals surface area contributed by atoms with Crippen molar-refractivity contribution in [1.82, 2.24) is 0 Å². The van der Waals surface area contributed by atoms with Gasteiger partial charge in [0.1, 0.15) is 5.82 Å². The zero-order valence-corrected chi connectivity index (χ0v) is 17.3. The first kappa shape index (κ1) is 20.3. The van der Waals surface area contributed by atoms with Gasteiger partial charge in [-0.25, -0.2) is 13.2 Å². The minimum absolute atomic E-state index is 0.115. The summed E-state index contributed by atoms with van der Waals surface area (Å²) in [5.74, 6) is -0.754. The molecular weight excluding hydrogens is 369 g/mol. The second-order valence-electron chi connectivity index (χ2n) is 8.60. The van der Waals surface area contributed by atoms with E-state index in [2.05, 4.69) is 6.92 Å². The van der Waals surface area contributed by atoms with Crippen molar-refractivity contribution in [3.8, 4) is 0 Å². The van der Waals surface area contributed by atoms with Gasteiger partial charge >= 0.3 is 0 Å². The smallest absolute Gasteiger partial charge is 0.166 e. The lowest BCUT2D eigenvalue weighted by atomic mass is 9.77. The van der Waals surface area contributed by atoms with Crippen molar-refractivity contribution in [3.63, 3.8) is 0 Å². The molecule has 4 rings (SSSR count). The van der Waals surface area contributed by atoms with E-state index in [0.29, 0.717) is 41.5 Å². The third kappa shape index (κ3) is 3.76. The maximum absolute atomic E-state index is 15.0. The molecule has 1 saturated carbocycles. The van der Waals surface area contributed by atoms with Crippen LogP contribution in [0.5, 0.6) is 0 Å². The van der Waals surface area contributed by atoms with E-state index in [1.807, 2.05) is 25.1 Å². The van der Waals surface area contributed by atoms with E-state index in [0.717, 1.165) is 42.7 Å². The molecule has 29 heavy (non-hydrogen) atoms. The lowest BCUT2D eigenvalue weighted by Crippen LogP contribution is -2.15. The molecule has 0 heterocycles. The molecule has 2 aliphatic rings. The molecule has 0 nitrogen and oxygen atoms in total. The van der Waals surface area contributed by atoms with Crippen molar-refractivity contribution in [2.24, 2.45) is 5.92 Å². The molecule has 0 bridgehead atoms. The summed E-state index contributed by atoms with van der Waals surface area (Å²) in [6.07, 6.45) is 8.59. The third-order valence-corrected chi connectivity index (χ3v) is 7.06. The standard InChI is InChI=1S/C26H29F3/c1-3-16-5-7-18(8-6-16)21-13-14-23(26(29)25(21)28)20-11-12-22-19(15-20)10-9-17(4-2)24(22)27/h9-11,13-14,16,18H,3-8,12,15H2,1-2H3. The summed E-state index contributed by atoms with van der Waals surface area (Å²) in [4.78, 5) is 0. The quantitative estimate of drug-likeness (QED) is 0.499. The van der Waals surface area contributed by atoms with Crippen LogP contribution in [0.1, 0.15) is 79.7 Å². The molecule has 0 saturated heterocycles. The molecular formula is C26H29F3. The van der Waals surface area contributed by atoms with Crippen LogP contribution in [0.25, 0.3) is 5.57 Å². The zero-order chi connectivity index (χ0) is 20.5. The second-order valence-corrected chi connectivity index (χ2v) is 8.60. The highest BCUT2D eigenvalue weighted by molar-refractivity contribution is 5.71. The minimum atomic E-state index is -0.750. The van der Waals surface area contributed by atoms with Gasteiger partial charge in [-0.15, -0.1) is 0 Å². The van der Waals surface area contributed by atoms with E-state index in [1.165, 1.54) is 6.42 Å². The normalized spacial score (nSPS) is 21.6. The fourth-order valence-corrected chi connectivity index (χ4v) is 5.09. The number of halogens is 3. The maximum Gasteiger partial charge on any atom is 0.166 e. The van der Waals surface area contributed by atoms with Crippen LogP contribution >= 0.6 is 0 Å². The summed E-state index contributed by atoms with van der Waals surface area (Å²) in [5, 5.41) is 0. The fraction of sp³-hybridized carbons (Fsp3) is 0.462. The van der Waals surface area contributed by atoms with Crippen LogP contribution in [0.15, 0.2) is 30.3 Å². The van der Waals surface area contributed by atoms with Crippen LogP contribution in [0, 0.1) is 23.4 Å². The van der Waals surface area contributed by atoms with E-state index < -0.39 is 11.6 Å². The van der Waals surface area contributed by atoms with Gasteiger partial charge in [0.05, 0.1) is 0 Å². The number of hydrogen-bond acceptors (Lipinski definition) is 0. The van der Waals surface area contributed by atoms with Crippen molar-refractivity contribution < 1.29 is 13.2 Å². The maximum atomic E-state index is 15.0. The molecule has 0 amide bonds. The van der Waals surface area contributed by atoms with E-state index in [9.17, 15) is 8.78 Å². The lowest BCUT2D eigenvalue weighted by molar-refractivity contribution is 0.312. The predicted octanol–water partition coefficient (Wildman–Crippen LogP) is 7.53. The summed E-state index contributed by atoms with van der Waals surface area (Å²) >= 11 is 0. The molecule has 0 N–H and O–H groups in total. The van der Waals surface area contributed by atoms with E-state index in [1.54, 1.807) is 12.1 Å². The molecule has 1 fully saturated rings. The third-order valence-electron chi connectivity index (χ3n) is 7.06. The van der Waals surface area contributed by atoms with Gasteiger partial charge in [-0.3, -0.25) is 0 Å². The Bertz CT molecular complexity index is 933. The Labute approximate surface area is 171 Å². The highest BCUT2D eigenvalue weighted by atomic mass is 19.2. The molecule has 0 aromatic heterocycles. The van der Waals surface area contributed by atoms with Crippen LogP contribution in [0.2, 0.25) is 0 Å². The SMILES string of the molecule is CCc1ccc2c(c1F)CC=C(c1ccc(C3CCC(CC)CC3)c(F)c1F)C2. The number of allylic oxidation sites excluding steroid dienone is 2. The van der Waals surface area contributed by atoms with Crippen LogP contribution in [0.4, 0.5) is 13.2 Å². The van der Waals surface area contributed by atoms with Crippen molar-refractivity contribution >= 4 is 5.57 Å². The lowest BCUT2D eigenvalue weighted by Gasteiger charge is -2.28. The molecule has 3 heteroatoms. The van der Waals surface area contributed by atoms with Gasteiger partial charge in [0.2, 0.25) is 0 Å². The molecule has 2 aromatic rings. The Hall–Kier alpha value is -2.03. The van der Waals surface area contributed by atoms with Crippen LogP contribution < -0.4 is 0 Å². The summed E-state index contributed by atoms with van der Waals surface area (Å²) in [6, 6.07) is 7.25. The average molecular weight is 399 g/mol. The van der Waals surface area contributed by atoms with Crippen LogP contribution in [0.3, 0.4) is 0 Å². The predicted molar refractivity (Wildman–Crippen MR) is 113 cm³/mol. The average Bonchev–Trinajstić information content (AvgIpc) is 2.76. The number of fused-ring (bicyclic) bond motifs is 1. The van der Waals surface area contributed by atoms with Crippen molar-refractivity contribution in [2.45, 2.75) is 71.1 Å². The van der Waals surface area contributed by atoms with Gasteiger partial charge in [-0.2, -0.15) is 0 Å². The Morgan fingerprint density at radius 3 is 2.31 bits per heavy atom. The summed E-state index contributed by atoms with van der Waals surface area (Å²) in [6.45, 7) is 4.13. The first-order chi connectivity index (χ1) is 14.0. The monoisotopic (exact) mass is 398 g/mol. The molecule has 154 valence electrons. The van der Waals surface area contributed by atoms with Gasteiger partial charge < -0.3 is 0 Å². The first-order valence-corrected chi connectivity index (χ1v) is 11.0. The topological polar surface area (TPSA) is 0 Å². The fourth-order valence-electron chi connectivity index (χ4n) is 5.09. The summed E-state index contributed by atoms with van der Waals surface area (Å²) in [7, 11) is 0. The van der Waals surface area contributed by atoms with Gasteiger partial charge in [-0.05, 0) is 84.6 Å². The molecule has 0 spiro atoms. The van der Waals surface area contributed by atoms with E-state index >= 15 is 4.39 Å². The number of hydrogen-bond donors (Lipinski definition) is 0. The Kier molecular flexibility index (Phi) is 5.85. The molecule has 2 aromatic carbocycles. The highest BCUT2D eigenvalue weighted by Crippen LogP contribution is 2.40. The minimum Gasteiger partial charge on any atom is -0.206 e. The number of aryl methyl sites for hydroxylation is 1. The zero-order valence-electron chi connectivity index (χ0n) is 17.3.